The summed E-state index contributed by atoms with van der Waals surface area (Å²) in [5.74, 6) is 0.143. The summed E-state index contributed by atoms with van der Waals surface area (Å²) < 4.78 is 0. The predicted molar refractivity (Wildman–Crippen MR) is 77.5 cm³/mol. The second kappa shape index (κ2) is 5.02. The molecule has 2 aromatic rings. The molecule has 0 bridgehead atoms. The van der Waals surface area contributed by atoms with E-state index in [1.165, 1.54) is 10.9 Å². The average molecular weight is 254 g/mol. The molecule has 0 radical (unpaired) electrons. The Hall–Kier alpha value is -1.87. The van der Waals surface area contributed by atoms with Crippen molar-refractivity contribution in [3.05, 3.63) is 47.5 Å². The Labute approximate surface area is 113 Å². The van der Waals surface area contributed by atoms with E-state index in [1.807, 2.05) is 23.1 Å². The molecule has 1 N–H and O–H groups in total. The Morgan fingerprint density at radius 3 is 2.53 bits per heavy atom. The summed E-state index contributed by atoms with van der Waals surface area (Å²) in [5.41, 5.74) is 2.03. The van der Waals surface area contributed by atoms with E-state index >= 15 is 0 Å². The summed E-state index contributed by atoms with van der Waals surface area (Å²) in [7, 11) is 0. The summed E-state index contributed by atoms with van der Waals surface area (Å²) in [6.45, 7) is 5.45. The number of rotatable bonds is 1. The molecule has 2 aromatic carbocycles. The van der Waals surface area contributed by atoms with Gasteiger partial charge in [-0.25, -0.2) is 0 Å². The lowest BCUT2D eigenvalue weighted by Gasteiger charge is -2.27. The molecule has 1 saturated heterocycles. The zero-order valence-electron chi connectivity index (χ0n) is 11.1. The van der Waals surface area contributed by atoms with Gasteiger partial charge in [0, 0.05) is 31.7 Å². The first kappa shape index (κ1) is 12.2. The first-order chi connectivity index (χ1) is 9.24. The first-order valence-electron chi connectivity index (χ1n) is 6.74. The van der Waals surface area contributed by atoms with Crippen LogP contribution in [0.25, 0.3) is 10.8 Å². The third-order valence-electron chi connectivity index (χ3n) is 3.65. The molecule has 0 saturated carbocycles. The van der Waals surface area contributed by atoms with Crippen LogP contribution in [0.3, 0.4) is 0 Å². The van der Waals surface area contributed by atoms with Crippen molar-refractivity contribution in [2.24, 2.45) is 0 Å². The number of piperazine rings is 1. The van der Waals surface area contributed by atoms with Crippen LogP contribution in [0.4, 0.5) is 0 Å². The lowest BCUT2D eigenvalue weighted by Crippen LogP contribution is -2.46. The molecule has 1 heterocycles. The minimum atomic E-state index is 0.143. The van der Waals surface area contributed by atoms with Crippen molar-refractivity contribution < 1.29 is 4.79 Å². The van der Waals surface area contributed by atoms with E-state index in [-0.39, 0.29) is 5.91 Å². The SMILES string of the molecule is Cc1ccc2cc(C(=O)N3CCNCC3)ccc2c1. The van der Waals surface area contributed by atoms with Crippen molar-refractivity contribution in [3.63, 3.8) is 0 Å². The Balaban J connectivity index is 1.92. The summed E-state index contributed by atoms with van der Waals surface area (Å²) in [6, 6.07) is 12.3. The van der Waals surface area contributed by atoms with Gasteiger partial charge in [-0.1, -0.05) is 29.8 Å². The molecule has 3 heteroatoms. The quantitative estimate of drug-likeness (QED) is 0.846. The fraction of sp³-hybridized carbons (Fsp3) is 0.312. The van der Waals surface area contributed by atoms with Crippen molar-refractivity contribution in [1.82, 2.24) is 10.2 Å². The number of carbonyl (C=O) groups excluding carboxylic acids is 1. The molecule has 0 unspecified atom stereocenters. The van der Waals surface area contributed by atoms with E-state index in [0.717, 1.165) is 37.1 Å². The zero-order chi connectivity index (χ0) is 13.2. The van der Waals surface area contributed by atoms with Crippen molar-refractivity contribution >= 4 is 16.7 Å². The Kier molecular flexibility index (Phi) is 3.22. The molecule has 0 atom stereocenters. The number of aryl methyl sites for hydroxylation is 1. The van der Waals surface area contributed by atoms with Gasteiger partial charge in [-0.2, -0.15) is 0 Å². The highest BCUT2D eigenvalue weighted by atomic mass is 16.2. The van der Waals surface area contributed by atoms with Gasteiger partial charge in [-0.3, -0.25) is 4.79 Å². The third kappa shape index (κ3) is 2.47. The molecule has 1 fully saturated rings. The third-order valence-corrected chi connectivity index (χ3v) is 3.65. The van der Waals surface area contributed by atoms with Gasteiger partial charge in [0.15, 0.2) is 0 Å². The smallest absolute Gasteiger partial charge is 0.253 e. The van der Waals surface area contributed by atoms with E-state index < -0.39 is 0 Å². The highest BCUT2D eigenvalue weighted by Crippen LogP contribution is 2.18. The fourth-order valence-corrected chi connectivity index (χ4v) is 2.55. The molecule has 1 amide bonds. The van der Waals surface area contributed by atoms with Crippen LogP contribution in [-0.2, 0) is 0 Å². The molecular formula is C16H18N2O. The average Bonchev–Trinajstić information content (AvgIpc) is 2.47. The van der Waals surface area contributed by atoms with Crippen molar-refractivity contribution in [1.29, 1.82) is 0 Å². The number of amides is 1. The lowest BCUT2D eigenvalue weighted by atomic mass is 10.0. The van der Waals surface area contributed by atoms with Crippen LogP contribution in [0.1, 0.15) is 15.9 Å². The van der Waals surface area contributed by atoms with Gasteiger partial charge in [0.25, 0.3) is 5.91 Å². The van der Waals surface area contributed by atoms with Crippen LogP contribution in [0, 0.1) is 6.92 Å². The maximum absolute atomic E-state index is 12.4. The van der Waals surface area contributed by atoms with Crippen molar-refractivity contribution in [2.75, 3.05) is 26.2 Å². The minimum absolute atomic E-state index is 0.143. The van der Waals surface area contributed by atoms with E-state index in [9.17, 15) is 4.79 Å². The Morgan fingerprint density at radius 2 is 1.74 bits per heavy atom. The highest BCUT2D eigenvalue weighted by molar-refractivity contribution is 5.98. The van der Waals surface area contributed by atoms with Gasteiger partial charge in [0.2, 0.25) is 0 Å². The second-order valence-electron chi connectivity index (χ2n) is 5.11. The van der Waals surface area contributed by atoms with Crippen LogP contribution in [0.5, 0.6) is 0 Å². The monoisotopic (exact) mass is 254 g/mol. The summed E-state index contributed by atoms with van der Waals surface area (Å²) in [5, 5.41) is 5.59. The minimum Gasteiger partial charge on any atom is -0.336 e. The zero-order valence-corrected chi connectivity index (χ0v) is 11.1. The van der Waals surface area contributed by atoms with Crippen LogP contribution >= 0.6 is 0 Å². The largest absolute Gasteiger partial charge is 0.336 e. The van der Waals surface area contributed by atoms with Gasteiger partial charge in [-0.15, -0.1) is 0 Å². The van der Waals surface area contributed by atoms with Gasteiger partial charge in [0.1, 0.15) is 0 Å². The van der Waals surface area contributed by atoms with E-state index in [1.54, 1.807) is 0 Å². The summed E-state index contributed by atoms with van der Waals surface area (Å²) in [6.07, 6.45) is 0. The van der Waals surface area contributed by atoms with Crippen molar-refractivity contribution in [3.8, 4) is 0 Å². The standard InChI is InChI=1S/C16H18N2O/c1-12-2-3-14-11-15(5-4-13(14)10-12)16(19)18-8-6-17-7-9-18/h2-5,10-11,17H,6-9H2,1H3. The van der Waals surface area contributed by atoms with E-state index in [4.69, 9.17) is 0 Å². The Morgan fingerprint density at radius 1 is 1.05 bits per heavy atom. The van der Waals surface area contributed by atoms with E-state index in [0.29, 0.717) is 0 Å². The van der Waals surface area contributed by atoms with Crippen LogP contribution in [-0.4, -0.2) is 37.0 Å². The number of hydrogen-bond donors (Lipinski definition) is 1. The molecule has 19 heavy (non-hydrogen) atoms. The molecule has 0 aliphatic carbocycles. The number of hydrogen-bond acceptors (Lipinski definition) is 2. The molecule has 0 spiro atoms. The van der Waals surface area contributed by atoms with Gasteiger partial charge in [0.05, 0.1) is 0 Å². The molecule has 98 valence electrons. The number of carbonyl (C=O) groups is 1. The maximum atomic E-state index is 12.4. The summed E-state index contributed by atoms with van der Waals surface area (Å²) in [4.78, 5) is 14.3. The maximum Gasteiger partial charge on any atom is 0.253 e. The number of nitrogens with zero attached hydrogens (tertiary/aromatic N) is 1. The van der Waals surface area contributed by atoms with Gasteiger partial charge >= 0.3 is 0 Å². The number of fused-ring (bicyclic) bond motifs is 1. The molecular weight excluding hydrogens is 236 g/mol. The van der Waals surface area contributed by atoms with Crippen LogP contribution in [0.15, 0.2) is 36.4 Å². The molecule has 1 aliphatic rings. The van der Waals surface area contributed by atoms with E-state index in [2.05, 4.69) is 30.4 Å². The normalized spacial score (nSPS) is 15.7. The van der Waals surface area contributed by atoms with Crippen LogP contribution < -0.4 is 5.32 Å². The lowest BCUT2D eigenvalue weighted by molar-refractivity contribution is 0.0736. The highest BCUT2D eigenvalue weighted by Gasteiger charge is 2.17. The molecule has 3 nitrogen and oxygen atoms in total. The molecule has 0 aromatic heterocycles. The number of nitrogens with one attached hydrogen (secondary N) is 1. The summed E-state index contributed by atoms with van der Waals surface area (Å²) >= 11 is 0. The molecule has 1 aliphatic heterocycles. The topological polar surface area (TPSA) is 32.3 Å². The number of benzene rings is 2. The second-order valence-corrected chi connectivity index (χ2v) is 5.11. The molecule has 3 rings (SSSR count). The van der Waals surface area contributed by atoms with Gasteiger partial charge in [-0.05, 0) is 29.8 Å². The van der Waals surface area contributed by atoms with Crippen LogP contribution in [0.2, 0.25) is 0 Å². The Bertz CT molecular complexity index is 615. The fourth-order valence-electron chi connectivity index (χ4n) is 2.55. The first-order valence-corrected chi connectivity index (χ1v) is 6.74. The predicted octanol–water partition coefficient (Wildman–Crippen LogP) is 2.19. The van der Waals surface area contributed by atoms with Gasteiger partial charge < -0.3 is 10.2 Å². The van der Waals surface area contributed by atoms with Crippen molar-refractivity contribution in [2.45, 2.75) is 6.92 Å².